The van der Waals surface area contributed by atoms with Crippen LogP contribution in [-0.2, 0) is 0 Å². The summed E-state index contributed by atoms with van der Waals surface area (Å²) >= 11 is 3.22. The first-order valence-electron chi connectivity index (χ1n) is 9.28. The molecule has 2 N–H and O–H groups in total. The van der Waals surface area contributed by atoms with Crippen molar-refractivity contribution in [1.29, 1.82) is 0 Å². The molecule has 0 aromatic carbocycles. The first-order chi connectivity index (χ1) is 15.3. The van der Waals surface area contributed by atoms with Gasteiger partial charge in [0.05, 0.1) is 25.1 Å². The summed E-state index contributed by atoms with van der Waals surface area (Å²) in [6, 6.07) is 10.4. The first kappa shape index (κ1) is 24.9. The molecule has 0 aliphatic carbocycles. The van der Waals surface area contributed by atoms with Gasteiger partial charge in [-0.1, -0.05) is 6.07 Å². The van der Waals surface area contributed by atoms with Gasteiger partial charge >= 0.3 is 7.12 Å². The molecule has 0 aliphatic heterocycles. The predicted molar refractivity (Wildman–Crippen MR) is 122 cm³/mol. The maximum absolute atomic E-state index is 11.0. The number of furan rings is 2. The number of Topliss-reactive ketones (excluding diaryl/α,β-unsaturated/α-hetero) is 2. The predicted octanol–water partition coefficient (Wildman–Crippen LogP) is 3.55. The van der Waals surface area contributed by atoms with E-state index < -0.39 is 7.12 Å². The van der Waals surface area contributed by atoms with E-state index >= 15 is 0 Å². The lowest BCUT2D eigenvalue weighted by Crippen LogP contribution is -2.27. The molecule has 4 rings (SSSR count). The molecule has 0 atom stereocenters. The Bertz CT molecular complexity index is 1100. The molecule has 0 aliphatic rings. The second-order valence-corrected chi connectivity index (χ2v) is 7.26. The summed E-state index contributed by atoms with van der Waals surface area (Å²) in [4.78, 5) is 29.6. The quantitative estimate of drug-likeness (QED) is 0.323. The van der Waals surface area contributed by atoms with Gasteiger partial charge in [0.15, 0.2) is 11.6 Å². The number of aromatic nitrogens is 2. The van der Waals surface area contributed by atoms with Crippen molar-refractivity contribution in [3.8, 4) is 11.1 Å². The SMILES string of the molecule is CC(=O)c1ccc(-c2ccoc2)cn1.CC(=O)c1ccc(Br)cn1.OB(O)c1ccoc1. The Morgan fingerprint density at radius 3 is 1.78 bits per heavy atom. The number of ketones is 2. The van der Waals surface area contributed by atoms with Crippen LogP contribution in [0.1, 0.15) is 34.8 Å². The maximum atomic E-state index is 11.0. The third kappa shape index (κ3) is 8.07. The van der Waals surface area contributed by atoms with Crippen molar-refractivity contribution >= 4 is 40.1 Å². The van der Waals surface area contributed by atoms with Crippen molar-refractivity contribution in [3.63, 3.8) is 0 Å². The number of halogens is 1. The van der Waals surface area contributed by atoms with E-state index in [-0.39, 0.29) is 11.6 Å². The van der Waals surface area contributed by atoms with Crippen LogP contribution in [0.15, 0.2) is 87.2 Å². The summed E-state index contributed by atoms with van der Waals surface area (Å²) in [5.74, 6) is -0.0313. The minimum atomic E-state index is -1.41. The van der Waals surface area contributed by atoms with Crippen molar-refractivity contribution in [1.82, 2.24) is 9.97 Å². The molecule has 4 aromatic rings. The standard InChI is InChI=1S/C11H9NO2.C7H6BrNO.C4H5BO3/c1-8(13)11-3-2-9(6-12-11)10-4-5-14-7-10;1-5(10)7-3-2-6(8)4-9-7;6-5(7)4-1-2-8-3-4/h2-7H,1H3;2-4H,1H3;1-3,6-7H. The molecule has 0 bridgehead atoms. The molecule has 4 aromatic heterocycles. The maximum Gasteiger partial charge on any atom is 0.491 e. The number of rotatable bonds is 4. The lowest BCUT2D eigenvalue weighted by Gasteiger charge is -1.97. The van der Waals surface area contributed by atoms with Crippen LogP contribution in [0.5, 0.6) is 0 Å². The molecule has 0 amide bonds. The first-order valence-corrected chi connectivity index (χ1v) is 10.1. The fraction of sp³-hybridized carbons (Fsp3) is 0.0909. The van der Waals surface area contributed by atoms with Crippen LogP contribution in [0.4, 0.5) is 0 Å². The molecule has 8 nitrogen and oxygen atoms in total. The van der Waals surface area contributed by atoms with Crippen LogP contribution in [0.25, 0.3) is 11.1 Å². The van der Waals surface area contributed by atoms with Crippen LogP contribution < -0.4 is 5.46 Å². The molecular formula is C22H20BBrN2O6. The van der Waals surface area contributed by atoms with Gasteiger partial charge in [0, 0.05) is 47.3 Å². The van der Waals surface area contributed by atoms with Crippen LogP contribution in [0, 0.1) is 0 Å². The second-order valence-electron chi connectivity index (χ2n) is 6.35. The van der Waals surface area contributed by atoms with E-state index in [1.807, 2.05) is 12.1 Å². The van der Waals surface area contributed by atoms with Crippen molar-refractivity contribution in [2.45, 2.75) is 13.8 Å². The summed E-state index contributed by atoms with van der Waals surface area (Å²) in [6.45, 7) is 3.00. The molecule has 0 fully saturated rings. The van der Waals surface area contributed by atoms with Crippen molar-refractivity contribution < 1.29 is 28.5 Å². The Hall–Kier alpha value is -3.34. The van der Waals surface area contributed by atoms with Gasteiger partial charge in [0.2, 0.25) is 0 Å². The number of nitrogens with zero attached hydrogens (tertiary/aromatic N) is 2. The molecule has 10 heteroatoms. The Morgan fingerprint density at radius 1 is 0.812 bits per heavy atom. The van der Waals surface area contributed by atoms with Gasteiger partial charge < -0.3 is 18.9 Å². The molecule has 4 heterocycles. The highest BCUT2D eigenvalue weighted by atomic mass is 79.9. The van der Waals surface area contributed by atoms with Crippen molar-refractivity contribution in [3.05, 3.63) is 89.7 Å². The lowest BCUT2D eigenvalue weighted by atomic mass is 9.83. The van der Waals surface area contributed by atoms with E-state index in [9.17, 15) is 9.59 Å². The summed E-state index contributed by atoms with van der Waals surface area (Å²) < 4.78 is 10.4. The largest absolute Gasteiger partial charge is 0.491 e. The van der Waals surface area contributed by atoms with Gasteiger partial charge in [-0.05, 0) is 46.3 Å². The molecule has 0 spiro atoms. The fourth-order valence-corrected chi connectivity index (χ4v) is 2.44. The Morgan fingerprint density at radius 2 is 1.41 bits per heavy atom. The van der Waals surface area contributed by atoms with Crippen LogP contribution in [-0.4, -0.2) is 38.7 Å². The van der Waals surface area contributed by atoms with E-state index in [4.69, 9.17) is 14.5 Å². The van der Waals surface area contributed by atoms with E-state index in [0.717, 1.165) is 15.6 Å². The highest BCUT2D eigenvalue weighted by molar-refractivity contribution is 9.10. The zero-order valence-corrected chi connectivity index (χ0v) is 18.9. The highest BCUT2D eigenvalue weighted by Crippen LogP contribution is 2.18. The Balaban J connectivity index is 0.000000178. The monoisotopic (exact) mass is 498 g/mol. The van der Waals surface area contributed by atoms with Gasteiger partial charge in [-0.15, -0.1) is 0 Å². The summed E-state index contributed by atoms with van der Waals surface area (Å²) in [7, 11) is -1.41. The normalized spacial score (nSPS) is 9.66. The molecular weight excluding hydrogens is 479 g/mol. The fourth-order valence-electron chi connectivity index (χ4n) is 2.21. The minimum Gasteiger partial charge on any atom is -0.473 e. The Labute approximate surface area is 193 Å². The number of hydrogen-bond acceptors (Lipinski definition) is 8. The van der Waals surface area contributed by atoms with E-state index in [1.165, 1.54) is 32.4 Å². The number of carbonyl (C=O) groups is 2. The third-order valence-corrected chi connectivity index (χ3v) is 4.38. The van der Waals surface area contributed by atoms with Gasteiger partial charge in [-0.2, -0.15) is 0 Å². The van der Waals surface area contributed by atoms with E-state index in [2.05, 4.69) is 30.3 Å². The average molecular weight is 499 g/mol. The van der Waals surface area contributed by atoms with Crippen LogP contribution in [0.2, 0.25) is 0 Å². The third-order valence-electron chi connectivity index (χ3n) is 3.91. The van der Waals surface area contributed by atoms with Gasteiger partial charge in [-0.3, -0.25) is 19.6 Å². The van der Waals surface area contributed by atoms with Crippen LogP contribution >= 0.6 is 15.9 Å². The van der Waals surface area contributed by atoms with Gasteiger partial charge in [0.1, 0.15) is 11.4 Å². The van der Waals surface area contributed by atoms with Crippen molar-refractivity contribution in [2.24, 2.45) is 0 Å². The number of pyridine rings is 2. The van der Waals surface area contributed by atoms with Gasteiger partial charge in [0.25, 0.3) is 0 Å². The summed E-state index contributed by atoms with van der Waals surface area (Å²) in [5.41, 5.74) is 3.28. The van der Waals surface area contributed by atoms with Gasteiger partial charge in [-0.25, -0.2) is 0 Å². The molecule has 0 saturated heterocycles. The Kier molecular flexibility index (Phi) is 9.74. The zero-order chi connectivity index (χ0) is 23.5. The van der Waals surface area contributed by atoms with Crippen molar-refractivity contribution in [2.75, 3.05) is 0 Å². The van der Waals surface area contributed by atoms with Crippen LogP contribution in [0.3, 0.4) is 0 Å². The summed E-state index contributed by atoms with van der Waals surface area (Å²) in [5, 5.41) is 16.8. The highest BCUT2D eigenvalue weighted by Gasteiger charge is 2.10. The zero-order valence-electron chi connectivity index (χ0n) is 17.3. The smallest absolute Gasteiger partial charge is 0.473 e. The summed E-state index contributed by atoms with van der Waals surface area (Å²) in [6.07, 6.45) is 9.19. The molecule has 164 valence electrons. The minimum absolute atomic E-state index is 0.00694. The van der Waals surface area contributed by atoms with E-state index in [0.29, 0.717) is 16.9 Å². The topological polar surface area (TPSA) is 127 Å². The molecule has 0 saturated carbocycles. The average Bonchev–Trinajstić information content (AvgIpc) is 3.49. The lowest BCUT2D eigenvalue weighted by molar-refractivity contribution is 0.100. The second kappa shape index (κ2) is 12.5. The number of hydrogen-bond donors (Lipinski definition) is 2. The molecule has 0 unspecified atom stereocenters. The molecule has 32 heavy (non-hydrogen) atoms. The number of carbonyl (C=O) groups excluding carboxylic acids is 2. The van der Waals surface area contributed by atoms with E-state index in [1.54, 1.807) is 43.1 Å². The molecule has 0 radical (unpaired) electrons.